The van der Waals surface area contributed by atoms with Crippen LogP contribution in [0.25, 0.3) is 0 Å². The summed E-state index contributed by atoms with van der Waals surface area (Å²) in [5.74, 6) is -0.131. The second kappa shape index (κ2) is 10.9. The third-order valence-corrected chi connectivity index (χ3v) is 6.05. The first kappa shape index (κ1) is 22.1. The molecule has 4 nitrogen and oxygen atoms in total. The number of aryl methyl sites for hydroxylation is 1. The molecule has 150 valence electrons. The van der Waals surface area contributed by atoms with Crippen LogP contribution in [0.15, 0.2) is 71.6 Å². The second-order valence-electron chi connectivity index (χ2n) is 6.98. The van der Waals surface area contributed by atoms with Crippen LogP contribution >= 0.6 is 0 Å². The van der Waals surface area contributed by atoms with Gasteiger partial charge in [0.2, 0.25) is 10.0 Å². The first-order chi connectivity index (χ1) is 13.4. The van der Waals surface area contributed by atoms with Gasteiger partial charge in [-0.2, -0.15) is 0 Å². The molecule has 0 saturated carbocycles. The predicted octanol–water partition coefficient (Wildman–Crippen LogP) is 5.05. The number of sulfonamides is 1. The molecule has 28 heavy (non-hydrogen) atoms. The zero-order valence-corrected chi connectivity index (χ0v) is 17.4. The maximum absolute atomic E-state index is 12.7. The third-order valence-electron chi connectivity index (χ3n) is 4.54. The second-order valence-corrected chi connectivity index (χ2v) is 8.69. The van der Waals surface area contributed by atoms with Gasteiger partial charge in [0.15, 0.2) is 5.78 Å². The monoisotopic (exact) mass is 399 g/mol. The summed E-state index contributed by atoms with van der Waals surface area (Å²) in [6.45, 7) is 4.05. The zero-order chi connectivity index (χ0) is 20.4. The average molecular weight is 400 g/mol. The highest BCUT2D eigenvalue weighted by Gasteiger charge is 2.18. The van der Waals surface area contributed by atoms with E-state index in [0.29, 0.717) is 12.0 Å². The summed E-state index contributed by atoms with van der Waals surface area (Å²) in [5.41, 5.74) is 1.59. The van der Waals surface area contributed by atoms with E-state index < -0.39 is 16.1 Å². The van der Waals surface area contributed by atoms with Gasteiger partial charge in [0.05, 0.1) is 4.90 Å². The van der Waals surface area contributed by atoms with Crippen LogP contribution in [0.5, 0.6) is 0 Å². The van der Waals surface area contributed by atoms with Gasteiger partial charge in [-0.1, -0.05) is 86.7 Å². The summed E-state index contributed by atoms with van der Waals surface area (Å²) < 4.78 is 28.2. The lowest BCUT2D eigenvalue weighted by Gasteiger charge is -2.15. The molecule has 1 unspecified atom stereocenters. The van der Waals surface area contributed by atoms with Crippen LogP contribution < -0.4 is 4.72 Å². The topological polar surface area (TPSA) is 63.2 Å². The summed E-state index contributed by atoms with van der Waals surface area (Å²) >= 11 is 0. The Morgan fingerprint density at radius 3 is 2.32 bits per heavy atom. The molecular weight excluding hydrogens is 370 g/mol. The van der Waals surface area contributed by atoms with Gasteiger partial charge in [-0.15, -0.1) is 0 Å². The number of hydrogen-bond acceptors (Lipinski definition) is 3. The molecule has 0 fully saturated rings. The van der Waals surface area contributed by atoms with Crippen molar-refractivity contribution in [2.75, 3.05) is 0 Å². The number of carbonyl (C=O) groups is 1. The Balaban J connectivity index is 2.12. The van der Waals surface area contributed by atoms with E-state index in [9.17, 15) is 13.2 Å². The van der Waals surface area contributed by atoms with E-state index in [0.717, 1.165) is 31.2 Å². The molecule has 0 saturated heterocycles. The van der Waals surface area contributed by atoms with Crippen molar-refractivity contribution in [1.82, 2.24) is 4.72 Å². The van der Waals surface area contributed by atoms with E-state index >= 15 is 0 Å². The molecule has 0 spiro atoms. The molecular formula is C23H29NO3S. The van der Waals surface area contributed by atoms with E-state index in [1.807, 2.05) is 25.1 Å². The van der Waals surface area contributed by atoms with Gasteiger partial charge in [0, 0.05) is 11.6 Å². The van der Waals surface area contributed by atoms with Crippen molar-refractivity contribution in [3.63, 3.8) is 0 Å². The van der Waals surface area contributed by atoms with Gasteiger partial charge in [0.1, 0.15) is 0 Å². The lowest BCUT2D eigenvalue weighted by atomic mass is 10.1. The highest BCUT2D eigenvalue weighted by molar-refractivity contribution is 7.89. The first-order valence-electron chi connectivity index (χ1n) is 9.79. The number of benzene rings is 2. The van der Waals surface area contributed by atoms with Crippen molar-refractivity contribution in [2.24, 2.45) is 0 Å². The Hall–Kier alpha value is -2.24. The zero-order valence-electron chi connectivity index (χ0n) is 16.6. The SMILES string of the molecule is CCCCCCC(/C=C/C(=O)c1ccccc1)NS(=O)(=O)c1ccc(C)cc1. The van der Waals surface area contributed by atoms with Crippen LogP contribution in [0, 0.1) is 6.92 Å². The van der Waals surface area contributed by atoms with Crippen LogP contribution in [0.2, 0.25) is 0 Å². The Morgan fingerprint density at radius 1 is 1.00 bits per heavy atom. The fourth-order valence-electron chi connectivity index (χ4n) is 2.87. The van der Waals surface area contributed by atoms with Crippen molar-refractivity contribution in [3.05, 3.63) is 77.9 Å². The van der Waals surface area contributed by atoms with Crippen molar-refractivity contribution < 1.29 is 13.2 Å². The number of rotatable bonds is 11. The fourth-order valence-corrected chi connectivity index (χ4v) is 4.10. The highest BCUT2D eigenvalue weighted by Crippen LogP contribution is 2.14. The number of carbonyl (C=O) groups excluding carboxylic acids is 1. The Morgan fingerprint density at radius 2 is 1.68 bits per heavy atom. The van der Waals surface area contributed by atoms with Crippen LogP contribution in [-0.4, -0.2) is 20.2 Å². The van der Waals surface area contributed by atoms with Crippen LogP contribution in [0.3, 0.4) is 0 Å². The molecule has 0 aliphatic rings. The largest absolute Gasteiger partial charge is 0.289 e. The molecule has 0 aromatic heterocycles. The Bertz CT molecular complexity index is 872. The van der Waals surface area contributed by atoms with Crippen molar-refractivity contribution in [1.29, 1.82) is 0 Å². The van der Waals surface area contributed by atoms with Gasteiger partial charge in [-0.3, -0.25) is 4.79 Å². The van der Waals surface area contributed by atoms with Gasteiger partial charge in [-0.05, 0) is 31.6 Å². The molecule has 0 aliphatic carbocycles. The number of hydrogen-bond donors (Lipinski definition) is 1. The molecule has 2 aromatic rings. The highest BCUT2D eigenvalue weighted by atomic mass is 32.2. The van der Waals surface area contributed by atoms with Gasteiger partial charge < -0.3 is 0 Å². The quantitative estimate of drug-likeness (QED) is 0.327. The van der Waals surface area contributed by atoms with Crippen molar-refractivity contribution >= 4 is 15.8 Å². The van der Waals surface area contributed by atoms with E-state index in [1.54, 1.807) is 42.5 Å². The van der Waals surface area contributed by atoms with E-state index in [4.69, 9.17) is 0 Å². The maximum Gasteiger partial charge on any atom is 0.241 e. The Labute approximate surface area is 168 Å². The molecule has 0 bridgehead atoms. The summed E-state index contributed by atoms with van der Waals surface area (Å²) in [6, 6.07) is 15.3. The van der Waals surface area contributed by atoms with E-state index in [2.05, 4.69) is 11.6 Å². The molecule has 0 heterocycles. The van der Waals surface area contributed by atoms with Gasteiger partial charge >= 0.3 is 0 Å². The molecule has 0 radical (unpaired) electrons. The van der Waals surface area contributed by atoms with Crippen LogP contribution in [0.1, 0.15) is 54.9 Å². The minimum absolute atomic E-state index is 0.131. The van der Waals surface area contributed by atoms with E-state index in [1.165, 1.54) is 6.08 Å². The molecule has 5 heteroatoms. The smallest absolute Gasteiger partial charge is 0.241 e. The van der Waals surface area contributed by atoms with E-state index in [-0.39, 0.29) is 10.7 Å². The Kier molecular flexibility index (Phi) is 8.61. The molecule has 0 amide bonds. The van der Waals surface area contributed by atoms with Crippen LogP contribution in [0.4, 0.5) is 0 Å². The number of nitrogens with one attached hydrogen (secondary N) is 1. The van der Waals surface area contributed by atoms with Gasteiger partial charge in [-0.25, -0.2) is 13.1 Å². The third kappa shape index (κ3) is 7.06. The number of ketones is 1. The summed E-state index contributed by atoms with van der Waals surface area (Å²) in [4.78, 5) is 12.6. The standard InChI is InChI=1S/C23H29NO3S/c1-3-4-5-9-12-21(15-18-23(25)20-10-7-6-8-11-20)24-28(26,27)22-16-13-19(2)14-17-22/h6-8,10-11,13-18,21,24H,3-5,9,12H2,1-2H3/b18-15+. The molecule has 2 aromatic carbocycles. The number of allylic oxidation sites excluding steroid dienone is 1. The van der Waals surface area contributed by atoms with Crippen molar-refractivity contribution in [3.8, 4) is 0 Å². The molecule has 1 N–H and O–H groups in total. The predicted molar refractivity (Wildman–Crippen MR) is 114 cm³/mol. The lowest BCUT2D eigenvalue weighted by Crippen LogP contribution is -2.33. The average Bonchev–Trinajstić information content (AvgIpc) is 2.69. The minimum atomic E-state index is -3.64. The fraction of sp³-hybridized carbons (Fsp3) is 0.348. The minimum Gasteiger partial charge on any atom is -0.289 e. The first-order valence-corrected chi connectivity index (χ1v) is 11.3. The molecule has 2 rings (SSSR count). The van der Waals surface area contributed by atoms with Crippen molar-refractivity contribution in [2.45, 2.75) is 56.9 Å². The summed E-state index contributed by atoms with van der Waals surface area (Å²) in [6.07, 6.45) is 7.97. The number of unbranched alkanes of at least 4 members (excludes halogenated alkanes) is 3. The van der Waals surface area contributed by atoms with Gasteiger partial charge in [0.25, 0.3) is 0 Å². The maximum atomic E-state index is 12.7. The molecule has 0 aliphatic heterocycles. The lowest BCUT2D eigenvalue weighted by molar-refractivity contribution is 0.104. The van der Waals surface area contributed by atoms with Crippen LogP contribution in [-0.2, 0) is 10.0 Å². The summed E-state index contributed by atoms with van der Waals surface area (Å²) in [7, 11) is -3.64. The summed E-state index contributed by atoms with van der Waals surface area (Å²) in [5, 5.41) is 0. The normalized spacial score (nSPS) is 12.9. The molecule has 1 atom stereocenters.